The lowest BCUT2D eigenvalue weighted by Gasteiger charge is -2.23. The zero-order valence-electron chi connectivity index (χ0n) is 10.2. The predicted molar refractivity (Wildman–Crippen MR) is 70.5 cm³/mol. The highest BCUT2D eigenvalue weighted by atomic mass is 35.5. The summed E-state index contributed by atoms with van der Waals surface area (Å²) in [6.45, 7) is 3.64. The van der Waals surface area contributed by atoms with E-state index in [-0.39, 0.29) is 21.9 Å². The maximum atomic E-state index is 13.3. The van der Waals surface area contributed by atoms with Crippen LogP contribution in [0.3, 0.4) is 0 Å². The Kier molecular flexibility index (Phi) is 3.74. The second kappa shape index (κ2) is 5.02. The Morgan fingerprint density at radius 3 is 1.89 bits per heavy atom. The van der Waals surface area contributed by atoms with E-state index in [0.717, 1.165) is 5.56 Å². The van der Waals surface area contributed by atoms with Gasteiger partial charge in [-0.2, -0.15) is 0 Å². The highest BCUT2D eigenvalue weighted by Gasteiger charge is 2.28. The number of nitrogens with zero attached hydrogens (tertiary/aromatic N) is 2. The van der Waals surface area contributed by atoms with Gasteiger partial charge in [0.05, 0.1) is 0 Å². The van der Waals surface area contributed by atoms with Gasteiger partial charge in [-0.05, 0) is 31.5 Å². The normalized spacial score (nSPS) is 11.7. The van der Waals surface area contributed by atoms with Gasteiger partial charge < -0.3 is 0 Å². The third kappa shape index (κ3) is 2.69. The molecule has 0 saturated carbocycles. The van der Waals surface area contributed by atoms with Crippen molar-refractivity contribution in [1.82, 2.24) is 9.97 Å². The molecule has 2 nitrogen and oxygen atoms in total. The van der Waals surface area contributed by atoms with Crippen LogP contribution in [0.25, 0.3) is 0 Å². The van der Waals surface area contributed by atoms with E-state index >= 15 is 0 Å². The first-order valence-electron chi connectivity index (χ1n) is 5.47. The number of aromatic nitrogens is 2. The van der Waals surface area contributed by atoms with Gasteiger partial charge in [-0.3, -0.25) is 0 Å². The smallest absolute Gasteiger partial charge is 0.197 e. The highest BCUT2D eigenvalue weighted by Crippen LogP contribution is 2.31. The average Bonchev–Trinajstić information content (AvgIpc) is 2.35. The fourth-order valence-corrected chi connectivity index (χ4v) is 2.06. The molecule has 0 atom stereocenters. The molecule has 0 unspecified atom stereocenters. The van der Waals surface area contributed by atoms with E-state index in [0.29, 0.717) is 0 Å². The first kappa shape index (κ1) is 14.2. The van der Waals surface area contributed by atoms with Crippen LogP contribution >= 0.6 is 23.2 Å². The van der Waals surface area contributed by atoms with E-state index in [4.69, 9.17) is 23.2 Å². The SMILES string of the molecule is CC(C)(c1ccc(F)cc1)c1nc(Cl)c(F)c(Cl)n1. The van der Waals surface area contributed by atoms with Gasteiger partial charge in [-0.25, -0.2) is 18.7 Å². The Morgan fingerprint density at radius 1 is 0.947 bits per heavy atom. The zero-order valence-corrected chi connectivity index (χ0v) is 11.7. The molecule has 6 heteroatoms. The van der Waals surface area contributed by atoms with Crippen LogP contribution in [0, 0.1) is 11.6 Å². The summed E-state index contributed by atoms with van der Waals surface area (Å²) in [6, 6.07) is 5.90. The minimum atomic E-state index is -0.845. The second-order valence-corrected chi connectivity index (χ2v) is 5.29. The summed E-state index contributed by atoms with van der Waals surface area (Å²) in [4.78, 5) is 7.81. The largest absolute Gasteiger partial charge is 0.217 e. The summed E-state index contributed by atoms with van der Waals surface area (Å²) < 4.78 is 26.3. The van der Waals surface area contributed by atoms with Gasteiger partial charge in [-0.1, -0.05) is 35.3 Å². The standard InChI is InChI=1S/C13H10Cl2F2N2/c1-13(2,7-3-5-8(16)6-4-7)12-18-10(14)9(17)11(15)19-12/h3-6H,1-2H3. The molecule has 0 radical (unpaired) electrons. The van der Waals surface area contributed by atoms with Crippen molar-refractivity contribution >= 4 is 23.2 Å². The molecule has 1 aromatic heterocycles. The fourth-order valence-electron chi connectivity index (χ4n) is 1.67. The third-order valence-electron chi connectivity index (χ3n) is 2.90. The summed E-state index contributed by atoms with van der Waals surface area (Å²) in [5, 5.41) is -0.657. The number of hydrogen-bond donors (Lipinski definition) is 0. The Labute approximate surface area is 119 Å². The number of rotatable bonds is 2. The van der Waals surface area contributed by atoms with Gasteiger partial charge >= 0.3 is 0 Å². The molecule has 0 N–H and O–H groups in total. The van der Waals surface area contributed by atoms with Crippen molar-refractivity contribution in [2.75, 3.05) is 0 Å². The third-order valence-corrected chi connectivity index (χ3v) is 3.40. The predicted octanol–water partition coefficient (Wildman–Crippen LogP) is 4.39. The molecule has 0 spiro atoms. The average molecular weight is 303 g/mol. The molecule has 0 aliphatic carbocycles. The van der Waals surface area contributed by atoms with Crippen molar-refractivity contribution in [3.05, 3.63) is 57.6 Å². The molecule has 0 bridgehead atoms. The lowest BCUT2D eigenvalue weighted by atomic mass is 9.84. The molecule has 0 aliphatic heterocycles. The molecule has 100 valence electrons. The van der Waals surface area contributed by atoms with Crippen molar-refractivity contribution in [2.24, 2.45) is 0 Å². The number of benzene rings is 1. The van der Waals surface area contributed by atoms with Crippen molar-refractivity contribution in [2.45, 2.75) is 19.3 Å². The molecule has 2 rings (SSSR count). The fraction of sp³-hybridized carbons (Fsp3) is 0.231. The van der Waals surface area contributed by atoms with Gasteiger partial charge in [0.2, 0.25) is 0 Å². The van der Waals surface area contributed by atoms with Gasteiger partial charge in [0.15, 0.2) is 16.1 Å². The van der Waals surface area contributed by atoms with Gasteiger partial charge in [0, 0.05) is 5.41 Å². The summed E-state index contributed by atoms with van der Waals surface area (Å²) in [5.41, 5.74) is 0.0990. The molecular formula is C13H10Cl2F2N2. The lowest BCUT2D eigenvalue weighted by molar-refractivity contribution is 0.560. The van der Waals surface area contributed by atoms with Crippen LogP contribution in [-0.2, 0) is 5.41 Å². The monoisotopic (exact) mass is 302 g/mol. The maximum absolute atomic E-state index is 13.3. The van der Waals surface area contributed by atoms with Crippen molar-refractivity contribution < 1.29 is 8.78 Å². The minimum Gasteiger partial charge on any atom is -0.217 e. The van der Waals surface area contributed by atoms with Crippen LogP contribution in [0.5, 0.6) is 0 Å². The van der Waals surface area contributed by atoms with E-state index in [9.17, 15) is 8.78 Å². The van der Waals surface area contributed by atoms with Gasteiger partial charge in [0.1, 0.15) is 11.6 Å². The topological polar surface area (TPSA) is 25.8 Å². The number of halogens is 4. The summed E-state index contributed by atoms with van der Waals surface area (Å²) in [7, 11) is 0. The van der Waals surface area contributed by atoms with Crippen LogP contribution in [0.1, 0.15) is 25.2 Å². The molecule has 1 heterocycles. The summed E-state index contributed by atoms with van der Waals surface area (Å²) >= 11 is 11.3. The lowest BCUT2D eigenvalue weighted by Crippen LogP contribution is -2.23. The van der Waals surface area contributed by atoms with Crippen LogP contribution in [0.2, 0.25) is 10.3 Å². The molecule has 0 saturated heterocycles. The van der Waals surface area contributed by atoms with Crippen LogP contribution in [-0.4, -0.2) is 9.97 Å². The summed E-state index contributed by atoms with van der Waals surface area (Å²) in [6.07, 6.45) is 0. The molecule has 0 fully saturated rings. The Bertz CT molecular complexity index is 590. The van der Waals surface area contributed by atoms with Crippen LogP contribution in [0.15, 0.2) is 24.3 Å². The minimum absolute atomic E-state index is 0.274. The first-order valence-corrected chi connectivity index (χ1v) is 6.23. The molecule has 1 aromatic carbocycles. The van der Waals surface area contributed by atoms with Crippen LogP contribution < -0.4 is 0 Å². The maximum Gasteiger partial charge on any atom is 0.197 e. The van der Waals surface area contributed by atoms with Crippen molar-refractivity contribution in [1.29, 1.82) is 0 Å². The van der Waals surface area contributed by atoms with E-state index in [1.807, 2.05) is 13.8 Å². The zero-order chi connectivity index (χ0) is 14.2. The first-order chi connectivity index (χ1) is 8.82. The molecule has 19 heavy (non-hydrogen) atoms. The summed E-state index contributed by atoms with van der Waals surface area (Å²) in [5.74, 6) is -0.909. The highest BCUT2D eigenvalue weighted by molar-refractivity contribution is 6.33. The van der Waals surface area contributed by atoms with Crippen molar-refractivity contribution in [3.8, 4) is 0 Å². The van der Waals surface area contributed by atoms with E-state index < -0.39 is 11.2 Å². The number of hydrogen-bond acceptors (Lipinski definition) is 2. The van der Waals surface area contributed by atoms with Gasteiger partial charge in [-0.15, -0.1) is 0 Å². The Hall–Kier alpha value is -1.26. The Morgan fingerprint density at radius 2 is 1.42 bits per heavy atom. The van der Waals surface area contributed by atoms with E-state index in [1.54, 1.807) is 12.1 Å². The van der Waals surface area contributed by atoms with Crippen molar-refractivity contribution in [3.63, 3.8) is 0 Å². The molecule has 2 aromatic rings. The van der Waals surface area contributed by atoms with Gasteiger partial charge in [0.25, 0.3) is 0 Å². The van der Waals surface area contributed by atoms with Crippen LogP contribution in [0.4, 0.5) is 8.78 Å². The second-order valence-electron chi connectivity index (χ2n) is 4.57. The quantitative estimate of drug-likeness (QED) is 0.769. The van der Waals surface area contributed by atoms with E-state index in [2.05, 4.69) is 9.97 Å². The molecule has 0 aliphatic rings. The van der Waals surface area contributed by atoms with E-state index in [1.165, 1.54) is 12.1 Å². The Balaban J connectivity index is 2.52. The molecular weight excluding hydrogens is 293 g/mol. The molecule has 0 amide bonds.